The van der Waals surface area contributed by atoms with E-state index in [0.29, 0.717) is 35.1 Å². The number of anilines is 1. The van der Waals surface area contributed by atoms with Crippen LogP contribution in [0.3, 0.4) is 0 Å². The van der Waals surface area contributed by atoms with Crippen molar-refractivity contribution in [3.8, 4) is 17.2 Å². The highest BCUT2D eigenvalue weighted by Crippen LogP contribution is 2.27. The summed E-state index contributed by atoms with van der Waals surface area (Å²) in [5, 5.41) is 4.85. The first-order valence-corrected chi connectivity index (χ1v) is 10.2. The average molecular weight is 417 g/mol. The zero-order valence-corrected chi connectivity index (χ0v) is 17.1. The van der Waals surface area contributed by atoms with Crippen LogP contribution in [0.4, 0.5) is 5.69 Å². The molecule has 30 heavy (non-hydrogen) atoms. The van der Waals surface area contributed by atoms with Crippen molar-refractivity contribution in [3.05, 3.63) is 94.7 Å². The first kappa shape index (κ1) is 19.6. The number of hydrogen-bond acceptors (Lipinski definition) is 6. The van der Waals surface area contributed by atoms with Gasteiger partial charge in [0.1, 0.15) is 23.9 Å². The third-order valence-electron chi connectivity index (χ3n) is 4.26. The number of amides is 1. The topological polar surface area (TPSA) is 73.3 Å². The Morgan fingerprint density at radius 3 is 2.77 bits per heavy atom. The number of benzene rings is 2. The Morgan fingerprint density at radius 2 is 2.00 bits per heavy atom. The molecule has 2 aromatic carbocycles. The van der Waals surface area contributed by atoms with Gasteiger partial charge in [-0.25, -0.2) is 4.98 Å². The van der Waals surface area contributed by atoms with Gasteiger partial charge in [0, 0.05) is 22.8 Å². The first-order chi connectivity index (χ1) is 14.7. The number of rotatable bonds is 7. The number of ether oxygens (including phenoxy) is 2. The smallest absolute Gasteiger partial charge is 0.255 e. The predicted molar refractivity (Wildman–Crippen MR) is 116 cm³/mol. The quantitative estimate of drug-likeness (QED) is 0.432. The number of pyridine rings is 1. The molecule has 2 heterocycles. The highest BCUT2D eigenvalue weighted by Gasteiger charge is 2.10. The summed E-state index contributed by atoms with van der Waals surface area (Å²) in [6.45, 7) is 2.29. The second-order valence-electron chi connectivity index (χ2n) is 6.52. The number of aromatic nitrogens is 2. The van der Waals surface area contributed by atoms with Gasteiger partial charge >= 0.3 is 0 Å². The molecule has 0 aliphatic heterocycles. The minimum atomic E-state index is -0.213. The summed E-state index contributed by atoms with van der Waals surface area (Å²) in [7, 11) is 0. The molecule has 0 saturated carbocycles. The number of carbonyl (C=O) groups is 1. The second-order valence-corrected chi connectivity index (χ2v) is 7.24. The zero-order chi connectivity index (χ0) is 20.8. The van der Waals surface area contributed by atoms with E-state index in [4.69, 9.17) is 9.47 Å². The van der Waals surface area contributed by atoms with E-state index in [2.05, 4.69) is 15.3 Å². The van der Waals surface area contributed by atoms with Gasteiger partial charge in [0.2, 0.25) is 0 Å². The summed E-state index contributed by atoms with van der Waals surface area (Å²) in [6, 6.07) is 16.2. The Bertz CT molecular complexity index is 1130. The van der Waals surface area contributed by atoms with Crippen LogP contribution in [0.1, 0.15) is 21.6 Å². The molecule has 0 fully saturated rings. The zero-order valence-electron chi connectivity index (χ0n) is 16.2. The summed E-state index contributed by atoms with van der Waals surface area (Å²) >= 11 is 1.52. The van der Waals surface area contributed by atoms with E-state index in [1.54, 1.807) is 42.2 Å². The van der Waals surface area contributed by atoms with Crippen molar-refractivity contribution < 1.29 is 14.3 Å². The van der Waals surface area contributed by atoms with Crippen LogP contribution in [0, 0.1) is 6.92 Å². The number of aryl methyl sites for hydroxylation is 1. The van der Waals surface area contributed by atoms with Crippen molar-refractivity contribution in [1.82, 2.24) is 9.97 Å². The highest BCUT2D eigenvalue weighted by molar-refractivity contribution is 7.07. The predicted octanol–water partition coefficient (Wildman–Crippen LogP) is 5.47. The molecule has 0 radical (unpaired) electrons. The van der Waals surface area contributed by atoms with Crippen molar-refractivity contribution in [1.29, 1.82) is 0 Å². The summed E-state index contributed by atoms with van der Waals surface area (Å²) in [5.74, 6) is 1.77. The maximum absolute atomic E-state index is 12.7. The minimum Gasteiger partial charge on any atom is -0.487 e. The lowest BCUT2D eigenvalue weighted by Gasteiger charge is -2.11. The van der Waals surface area contributed by atoms with Crippen LogP contribution in [-0.2, 0) is 6.61 Å². The molecule has 4 rings (SSSR count). The van der Waals surface area contributed by atoms with Crippen LogP contribution < -0.4 is 14.8 Å². The summed E-state index contributed by atoms with van der Waals surface area (Å²) < 4.78 is 11.6. The fourth-order valence-corrected chi connectivity index (χ4v) is 3.32. The van der Waals surface area contributed by atoms with E-state index in [0.717, 1.165) is 11.3 Å². The fraction of sp³-hybridized carbons (Fsp3) is 0.0870. The van der Waals surface area contributed by atoms with Gasteiger partial charge in [-0.15, -0.1) is 11.3 Å². The van der Waals surface area contributed by atoms with Crippen LogP contribution in [0.5, 0.6) is 17.2 Å². The minimum absolute atomic E-state index is 0.213. The molecule has 2 aromatic heterocycles. The Morgan fingerprint density at radius 1 is 1.10 bits per heavy atom. The molecule has 150 valence electrons. The fourth-order valence-electron chi connectivity index (χ4n) is 2.77. The van der Waals surface area contributed by atoms with Crippen LogP contribution in [0.15, 0.2) is 77.9 Å². The maximum atomic E-state index is 12.7. The molecular formula is C23H19N3O3S. The summed E-state index contributed by atoms with van der Waals surface area (Å²) in [4.78, 5) is 20.9. The van der Waals surface area contributed by atoms with E-state index in [1.807, 2.05) is 42.6 Å². The summed E-state index contributed by atoms with van der Waals surface area (Å²) in [6.07, 6.45) is 3.34. The molecule has 1 N–H and O–H groups in total. The largest absolute Gasteiger partial charge is 0.487 e. The van der Waals surface area contributed by atoms with Crippen LogP contribution in [0.2, 0.25) is 0 Å². The van der Waals surface area contributed by atoms with E-state index >= 15 is 0 Å². The van der Waals surface area contributed by atoms with Gasteiger partial charge in [-0.1, -0.05) is 6.07 Å². The first-order valence-electron chi connectivity index (χ1n) is 9.27. The molecule has 0 saturated heterocycles. The standard InChI is InChI=1S/C23H19N3O3S/c1-16-10-18(7-8-22(16)29-21-6-3-9-24-12-21)26-23(27)17-4-2-5-20(11-17)28-13-19-14-30-15-25-19/h2-12,14-15H,13H2,1H3,(H,26,27). The molecule has 0 aliphatic carbocycles. The number of carbonyl (C=O) groups excluding carboxylic acids is 1. The van der Waals surface area contributed by atoms with E-state index in [-0.39, 0.29) is 5.91 Å². The number of thiazole rings is 1. The number of hydrogen-bond donors (Lipinski definition) is 1. The van der Waals surface area contributed by atoms with Gasteiger partial charge < -0.3 is 14.8 Å². The lowest BCUT2D eigenvalue weighted by atomic mass is 10.1. The second kappa shape index (κ2) is 9.19. The van der Waals surface area contributed by atoms with Gasteiger partial charge in [-0.2, -0.15) is 0 Å². The van der Waals surface area contributed by atoms with Crippen molar-refractivity contribution in [2.45, 2.75) is 13.5 Å². The normalized spacial score (nSPS) is 10.4. The molecule has 6 nitrogen and oxygen atoms in total. The Balaban J connectivity index is 1.41. The lowest BCUT2D eigenvalue weighted by molar-refractivity contribution is 0.102. The van der Waals surface area contributed by atoms with E-state index in [1.165, 1.54) is 11.3 Å². The molecule has 0 bridgehead atoms. The molecule has 0 unspecified atom stereocenters. The molecule has 0 atom stereocenters. The monoisotopic (exact) mass is 417 g/mol. The molecule has 1 amide bonds. The van der Waals surface area contributed by atoms with Gasteiger partial charge in [0.25, 0.3) is 5.91 Å². The van der Waals surface area contributed by atoms with Crippen molar-refractivity contribution >= 4 is 22.9 Å². The number of nitrogens with zero attached hydrogens (tertiary/aromatic N) is 2. The Labute approximate surface area is 178 Å². The summed E-state index contributed by atoms with van der Waals surface area (Å²) in [5.41, 5.74) is 4.72. The van der Waals surface area contributed by atoms with Gasteiger partial charge in [-0.05, 0) is 61.0 Å². The van der Waals surface area contributed by atoms with Gasteiger partial charge in [0.05, 0.1) is 17.4 Å². The van der Waals surface area contributed by atoms with E-state index in [9.17, 15) is 4.79 Å². The third kappa shape index (κ3) is 5.01. The molecule has 4 aromatic rings. The SMILES string of the molecule is Cc1cc(NC(=O)c2cccc(OCc3cscn3)c2)ccc1Oc1cccnc1. The highest BCUT2D eigenvalue weighted by atomic mass is 32.1. The Hall–Kier alpha value is -3.71. The average Bonchev–Trinajstić information content (AvgIpc) is 3.29. The van der Waals surface area contributed by atoms with Gasteiger partial charge in [-0.3, -0.25) is 9.78 Å². The van der Waals surface area contributed by atoms with E-state index < -0.39 is 0 Å². The molecule has 0 spiro atoms. The Kier molecular flexibility index (Phi) is 6.01. The number of nitrogens with one attached hydrogen (secondary N) is 1. The molecule has 7 heteroatoms. The molecular weight excluding hydrogens is 398 g/mol. The lowest BCUT2D eigenvalue weighted by Crippen LogP contribution is -2.12. The van der Waals surface area contributed by atoms with Crippen molar-refractivity contribution in [2.75, 3.05) is 5.32 Å². The van der Waals surface area contributed by atoms with Crippen LogP contribution in [-0.4, -0.2) is 15.9 Å². The maximum Gasteiger partial charge on any atom is 0.255 e. The van der Waals surface area contributed by atoms with Crippen molar-refractivity contribution in [3.63, 3.8) is 0 Å². The van der Waals surface area contributed by atoms with Crippen LogP contribution in [0.25, 0.3) is 0 Å². The van der Waals surface area contributed by atoms with Crippen LogP contribution >= 0.6 is 11.3 Å². The van der Waals surface area contributed by atoms with Gasteiger partial charge in [0.15, 0.2) is 0 Å². The molecule has 0 aliphatic rings. The third-order valence-corrected chi connectivity index (χ3v) is 4.90. The van der Waals surface area contributed by atoms with Crippen molar-refractivity contribution in [2.24, 2.45) is 0 Å².